The molecular formula is C56H79N3O9. The molecule has 12 nitrogen and oxygen atoms in total. The third-order valence-corrected chi connectivity index (χ3v) is 14.1. The van der Waals surface area contributed by atoms with Gasteiger partial charge in [0.1, 0.15) is 24.1 Å². The second kappa shape index (κ2) is 27.3. The third-order valence-electron chi connectivity index (χ3n) is 14.1. The molecule has 372 valence electrons. The van der Waals surface area contributed by atoms with E-state index in [2.05, 4.69) is 43.1 Å². The van der Waals surface area contributed by atoms with Crippen molar-refractivity contribution in [1.82, 2.24) is 10.2 Å². The van der Waals surface area contributed by atoms with Gasteiger partial charge < -0.3 is 39.3 Å². The van der Waals surface area contributed by atoms with Crippen molar-refractivity contribution in [3.05, 3.63) is 96.1 Å². The number of nitrogens with zero attached hydrogens (tertiary/aromatic N) is 2. The second-order valence-corrected chi connectivity index (χ2v) is 18.7. The van der Waals surface area contributed by atoms with Crippen molar-refractivity contribution < 1.29 is 43.6 Å². The van der Waals surface area contributed by atoms with Crippen LogP contribution >= 0.6 is 0 Å². The first kappa shape index (κ1) is 52.5. The number of carbonyl (C=O) groups excluding carboxylic acids is 2. The van der Waals surface area contributed by atoms with Gasteiger partial charge in [-0.15, -0.1) is 6.58 Å². The molecule has 2 aliphatic carbocycles. The van der Waals surface area contributed by atoms with Crippen molar-refractivity contribution in [2.45, 2.75) is 154 Å². The number of benzene rings is 3. The lowest BCUT2D eigenvalue weighted by Gasteiger charge is -2.59. The number of aliphatic hydroxyl groups excluding tert-OH is 2. The minimum absolute atomic E-state index is 0.00460. The second-order valence-electron chi connectivity index (χ2n) is 18.7. The molecule has 1 aliphatic heterocycles. The fraction of sp³-hybridized carbons (Fsp3) is 0.589. The number of fused-ring (bicyclic) bond motifs is 3. The summed E-state index contributed by atoms with van der Waals surface area (Å²) in [7, 11) is 0. The molecule has 3 N–H and O–H groups in total. The Morgan fingerprint density at radius 2 is 1.59 bits per heavy atom. The highest BCUT2D eigenvalue weighted by Crippen LogP contribution is 2.62. The molecule has 3 aliphatic rings. The molecule has 0 unspecified atom stereocenters. The van der Waals surface area contributed by atoms with E-state index in [0.717, 1.165) is 72.4 Å². The topological polar surface area (TPSA) is 148 Å². The average molecular weight is 938 g/mol. The van der Waals surface area contributed by atoms with Gasteiger partial charge in [-0.1, -0.05) is 137 Å². The predicted molar refractivity (Wildman–Crippen MR) is 269 cm³/mol. The lowest BCUT2D eigenvalue weighted by atomic mass is 9.55. The van der Waals surface area contributed by atoms with Crippen LogP contribution in [0.3, 0.4) is 0 Å². The van der Waals surface area contributed by atoms with E-state index in [-0.39, 0.29) is 57.1 Å². The average Bonchev–Trinajstić information content (AvgIpc) is 3.35. The first-order valence-electron chi connectivity index (χ1n) is 25.9. The molecule has 0 aromatic heterocycles. The van der Waals surface area contributed by atoms with E-state index < -0.39 is 29.9 Å². The fourth-order valence-electron chi connectivity index (χ4n) is 10.9. The molecule has 3 aromatic carbocycles. The van der Waals surface area contributed by atoms with Crippen LogP contribution in [0.5, 0.6) is 11.5 Å². The summed E-state index contributed by atoms with van der Waals surface area (Å²) in [6.07, 6.45) is 19.9. The minimum Gasteiger partial charge on any atom is -0.459 e. The van der Waals surface area contributed by atoms with Crippen LogP contribution < -0.4 is 14.8 Å². The van der Waals surface area contributed by atoms with Crippen molar-refractivity contribution in [2.24, 2.45) is 22.9 Å². The summed E-state index contributed by atoms with van der Waals surface area (Å²) in [5.41, 5.74) is 3.43. The van der Waals surface area contributed by atoms with Crippen LogP contribution in [0.15, 0.2) is 90.1 Å². The van der Waals surface area contributed by atoms with Crippen molar-refractivity contribution in [3.63, 3.8) is 0 Å². The largest absolute Gasteiger partial charge is 0.459 e. The molecule has 0 radical (unpaired) electrons. The molecular weight excluding hydrogens is 859 g/mol. The number of hydrogen-bond acceptors (Lipinski definition) is 10. The number of nitrogens with one attached hydrogen (secondary N) is 1. The first-order valence-corrected chi connectivity index (χ1v) is 25.9. The van der Waals surface area contributed by atoms with Gasteiger partial charge in [0.2, 0.25) is 5.79 Å². The Morgan fingerprint density at radius 3 is 2.31 bits per heavy atom. The summed E-state index contributed by atoms with van der Waals surface area (Å²) in [6, 6.07) is 19.0. The van der Waals surface area contributed by atoms with Crippen LogP contribution in [-0.2, 0) is 20.9 Å². The van der Waals surface area contributed by atoms with Gasteiger partial charge in [0.25, 0.3) is 0 Å². The zero-order valence-corrected chi connectivity index (χ0v) is 41.1. The highest BCUT2D eigenvalue weighted by Gasteiger charge is 2.65. The van der Waals surface area contributed by atoms with Crippen molar-refractivity contribution in [2.75, 3.05) is 39.6 Å². The molecule has 6 atom stereocenters. The van der Waals surface area contributed by atoms with E-state index in [1.165, 1.54) is 44.9 Å². The molecule has 1 heterocycles. The Kier molecular flexibility index (Phi) is 21.1. The van der Waals surface area contributed by atoms with Crippen LogP contribution in [0.2, 0.25) is 0 Å². The third kappa shape index (κ3) is 13.2. The fourth-order valence-corrected chi connectivity index (χ4v) is 10.9. The minimum atomic E-state index is -1.47. The highest BCUT2D eigenvalue weighted by atomic mass is 16.7. The number of ether oxygens (including phenoxy) is 4. The molecule has 12 heteroatoms. The smallest absolute Gasteiger partial charge is 0.412 e. The molecule has 0 spiro atoms. The van der Waals surface area contributed by atoms with Crippen molar-refractivity contribution in [3.8, 4) is 11.5 Å². The van der Waals surface area contributed by atoms with Gasteiger partial charge >= 0.3 is 12.2 Å². The summed E-state index contributed by atoms with van der Waals surface area (Å²) in [4.78, 5) is 35.7. The number of hydrogen-bond donors (Lipinski definition) is 3. The number of amides is 2. The summed E-state index contributed by atoms with van der Waals surface area (Å²) >= 11 is 0. The Bertz CT molecular complexity index is 2120. The van der Waals surface area contributed by atoms with Crippen LogP contribution in [0, 0.1) is 17.8 Å². The lowest BCUT2D eigenvalue weighted by Crippen LogP contribution is -2.70. The van der Waals surface area contributed by atoms with E-state index in [1.54, 1.807) is 24.0 Å². The predicted octanol–water partition coefficient (Wildman–Crippen LogP) is 12.2. The molecule has 2 amide bonds. The Labute approximate surface area is 405 Å². The van der Waals surface area contributed by atoms with E-state index in [4.69, 9.17) is 28.9 Å². The molecule has 1 saturated carbocycles. The molecule has 3 aromatic rings. The normalized spacial score (nSPS) is 22.1. The van der Waals surface area contributed by atoms with Crippen LogP contribution in [0.4, 0.5) is 9.59 Å². The zero-order chi connectivity index (χ0) is 48.1. The maximum atomic E-state index is 14.7. The molecule has 0 saturated heterocycles. The molecule has 6 rings (SSSR count). The summed E-state index contributed by atoms with van der Waals surface area (Å²) in [5, 5.41) is 29.8. The van der Waals surface area contributed by atoms with Gasteiger partial charge in [-0.25, -0.2) is 9.59 Å². The Hall–Kier alpha value is -4.91. The van der Waals surface area contributed by atoms with Crippen molar-refractivity contribution in [1.29, 1.82) is 0 Å². The maximum Gasteiger partial charge on any atom is 0.412 e. The number of aliphatic hydroxyl groups is 2. The van der Waals surface area contributed by atoms with Gasteiger partial charge in [-0.2, -0.15) is 0 Å². The van der Waals surface area contributed by atoms with Gasteiger partial charge in [0, 0.05) is 37.7 Å². The monoisotopic (exact) mass is 938 g/mol. The lowest BCUT2D eigenvalue weighted by molar-refractivity contribution is -0.256. The molecule has 68 heavy (non-hydrogen) atoms. The van der Waals surface area contributed by atoms with Gasteiger partial charge in [-0.3, -0.25) is 4.90 Å². The van der Waals surface area contributed by atoms with E-state index in [9.17, 15) is 19.8 Å². The van der Waals surface area contributed by atoms with Gasteiger partial charge in [0.05, 0.1) is 31.4 Å². The number of allylic oxidation sites excluding steroid dienone is 1. The van der Waals surface area contributed by atoms with Gasteiger partial charge in [0.15, 0.2) is 0 Å². The molecule has 0 bridgehead atoms. The van der Waals surface area contributed by atoms with Crippen LogP contribution in [-0.4, -0.2) is 84.4 Å². The highest BCUT2D eigenvalue weighted by molar-refractivity contribution is 6.03. The maximum absolute atomic E-state index is 14.7. The SMILES string of the molecule is C=CCO[C@@]12Oc3ccc(OC(=O)NCCCCCCCCCCCC)cc3[C@H]3[C@H](CCCCO)[C@@H](CCCCO)C=C(C(=NOCC)C[C@@H]1N(Cc1cccc4ccccc14)C(=O)OCC)[C@H]32. The van der Waals surface area contributed by atoms with E-state index in [1.807, 2.05) is 43.3 Å². The standard InChI is InChI=1S/C56H79N3O9/c1-5-9-10-11-12-13-14-15-16-21-33-57-54(62)67-44-31-32-50-48(38-44)52-46(30-20-23-35-61)42(26-19-22-34-60)37-47-49(58-66-8-4)39-51(56(68-50,53(47)52)65-36-6-2)59(55(63)64-7-3)40-43-28-24-27-41-25-17-18-29-45(41)43/h6,17-18,24-25,27-29,31-32,37-38,42,46,51-53,60-61H,2,5,7-16,19-23,26,30,33-36,39-40H2,1,3-4H3,(H,57,62)/t42-,46+,51-,52+,53+,56+/m0/s1. The number of unbranched alkanes of at least 4 members (excludes halogenated alkanes) is 11. The number of carbonyl (C=O) groups is 2. The Balaban J connectivity index is 1.41. The first-order chi connectivity index (χ1) is 33.3. The number of oxime groups is 1. The van der Waals surface area contributed by atoms with Crippen molar-refractivity contribution >= 4 is 28.7 Å². The number of rotatable bonds is 29. The quantitative estimate of drug-likeness (QED) is 0.0351. The van der Waals surface area contributed by atoms with Crippen LogP contribution in [0.1, 0.15) is 147 Å². The van der Waals surface area contributed by atoms with E-state index in [0.29, 0.717) is 43.2 Å². The molecule has 1 fully saturated rings. The zero-order valence-electron chi connectivity index (χ0n) is 41.1. The summed E-state index contributed by atoms with van der Waals surface area (Å²) < 4.78 is 26.5. The summed E-state index contributed by atoms with van der Waals surface area (Å²) in [6.45, 7) is 11.5. The van der Waals surface area contributed by atoms with Gasteiger partial charge in [-0.05, 0) is 97.9 Å². The van der Waals surface area contributed by atoms with E-state index >= 15 is 0 Å². The Morgan fingerprint density at radius 1 is 0.868 bits per heavy atom. The van der Waals surface area contributed by atoms with Crippen LogP contribution in [0.25, 0.3) is 10.8 Å². The summed E-state index contributed by atoms with van der Waals surface area (Å²) in [5.74, 6) is -1.25.